The molecule has 0 bridgehead atoms. The number of nitrogens with one attached hydrogen (secondary N) is 2. The molecule has 3 rings (SSSR count). The molecule has 0 aliphatic heterocycles. The number of hydrogen-bond acceptors (Lipinski definition) is 3. The zero-order valence-electron chi connectivity index (χ0n) is 13.2. The van der Waals surface area contributed by atoms with Gasteiger partial charge in [0.15, 0.2) is 18.2 Å². The normalized spacial score (nSPS) is 13.2. The highest BCUT2D eigenvalue weighted by molar-refractivity contribution is 9.10. The molecule has 2 amide bonds. The van der Waals surface area contributed by atoms with Crippen LogP contribution in [0.1, 0.15) is 12.8 Å². The molecule has 0 radical (unpaired) electrons. The molecule has 0 atom stereocenters. The maximum Gasteiger partial charge on any atom is 0.262 e. The molecule has 7 heteroatoms. The van der Waals surface area contributed by atoms with Gasteiger partial charge in [-0.3, -0.25) is 9.59 Å². The van der Waals surface area contributed by atoms with E-state index in [0.717, 1.165) is 12.8 Å². The van der Waals surface area contributed by atoms with Crippen molar-refractivity contribution in [2.75, 3.05) is 17.2 Å². The Hall–Kier alpha value is -2.41. The molecular weight excluding hydrogens is 391 g/mol. The topological polar surface area (TPSA) is 67.4 Å². The maximum atomic E-state index is 13.6. The third-order valence-corrected chi connectivity index (χ3v) is 4.11. The largest absolute Gasteiger partial charge is 0.481 e. The van der Waals surface area contributed by atoms with Crippen molar-refractivity contribution in [2.45, 2.75) is 12.8 Å². The van der Waals surface area contributed by atoms with Crippen LogP contribution in [0.3, 0.4) is 0 Å². The predicted octanol–water partition coefficient (Wildman–Crippen LogP) is 3.95. The minimum absolute atomic E-state index is 0.00229. The van der Waals surface area contributed by atoms with Crippen LogP contribution in [-0.4, -0.2) is 18.4 Å². The van der Waals surface area contributed by atoms with Crippen LogP contribution in [-0.2, 0) is 9.59 Å². The van der Waals surface area contributed by atoms with Crippen molar-refractivity contribution in [3.63, 3.8) is 0 Å². The van der Waals surface area contributed by atoms with Gasteiger partial charge in [0.25, 0.3) is 5.91 Å². The lowest BCUT2D eigenvalue weighted by Crippen LogP contribution is -2.20. The van der Waals surface area contributed by atoms with Crippen LogP contribution < -0.4 is 15.4 Å². The first-order valence-corrected chi connectivity index (χ1v) is 8.59. The fourth-order valence-corrected chi connectivity index (χ4v) is 2.53. The molecule has 2 aromatic rings. The van der Waals surface area contributed by atoms with Crippen LogP contribution in [0.2, 0.25) is 0 Å². The van der Waals surface area contributed by atoms with Gasteiger partial charge in [0.2, 0.25) is 5.91 Å². The van der Waals surface area contributed by atoms with Gasteiger partial charge in [0, 0.05) is 21.8 Å². The van der Waals surface area contributed by atoms with Gasteiger partial charge >= 0.3 is 0 Å². The van der Waals surface area contributed by atoms with E-state index in [1.165, 1.54) is 12.1 Å². The standard InChI is InChI=1S/C18H16BrFN2O3/c19-12-6-7-16(15(20)8-12)25-10-17(23)21-13-2-1-3-14(9-13)22-18(24)11-4-5-11/h1-3,6-9,11H,4-5,10H2,(H,21,23)(H,22,24). The summed E-state index contributed by atoms with van der Waals surface area (Å²) in [6.45, 7) is -0.322. The van der Waals surface area contributed by atoms with Gasteiger partial charge in [-0.15, -0.1) is 0 Å². The van der Waals surface area contributed by atoms with Crippen molar-refractivity contribution in [3.8, 4) is 5.75 Å². The summed E-state index contributed by atoms with van der Waals surface area (Å²) in [6, 6.07) is 11.2. The van der Waals surface area contributed by atoms with E-state index in [9.17, 15) is 14.0 Å². The summed E-state index contributed by atoms with van der Waals surface area (Å²) in [5, 5.41) is 5.47. The number of benzene rings is 2. The van der Waals surface area contributed by atoms with E-state index in [1.807, 2.05) is 0 Å². The lowest BCUT2D eigenvalue weighted by molar-refractivity contribution is -0.118. The van der Waals surface area contributed by atoms with Crippen molar-refractivity contribution < 1.29 is 18.7 Å². The Labute approximate surface area is 152 Å². The van der Waals surface area contributed by atoms with E-state index in [-0.39, 0.29) is 24.2 Å². The Balaban J connectivity index is 1.54. The lowest BCUT2D eigenvalue weighted by atomic mass is 10.2. The predicted molar refractivity (Wildman–Crippen MR) is 96.0 cm³/mol. The highest BCUT2D eigenvalue weighted by Crippen LogP contribution is 2.30. The minimum Gasteiger partial charge on any atom is -0.481 e. The van der Waals surface area contributed by atoms with Gasteiger partial charge in [-0.1, -0.05) is 22.0 Å². The van der Waals surface area contributed by atoms with E-state index >= 15 is 0 Å². The number of halogens is 2. The Morgan fingerprint density at radius 2 is 1.84 bits per heavy atom. The first-order chi connectivity index (χ1) is 12.0. The number of carbonyl (C=O) groups excluding carboxylic acids is 2. The molecule has 5 nitrogen and oxygen atoms in total. The van der Waals surface area contributed by atoms with Crippen LogP contribution >= 0.6 is 15.9 Å². The van der Waals surface area contributed by atoms with Crippen molar-refractivity contribution in [1.29, 1.82) is 0 Å². The fraction of sp³-hybridized carbons (Fsp3) is 0.222. The van der Waals surface area contributed by atoms with Crippen molar-refractivity contribution >= 4 is 39.1 Å². The van der Waals surface area contributed by atoms with Crippen LogP contribution in [0.15, 0.2) is 46.9 Å². The molecule has 0 heterocycles. The summed E-state index contributed by atoms with van der Waals surface area (Å²) in [5.41, 5.74) is 1.15. The second-order valence-electron chi connectivity index (χ2n) is 5.76. The molecule has 2 aromatic carbocycles. The van der Waals surface area contributed by atoms with E-state index in [0.29, 0.717) is 15.8 Å². The second-order valence-corrected chi connectivity index (χ2v) is 6.67. The Kier molecular flexibility index (Phi) is 5.33. The van der Waals surface area contributed by atoms with Gasteiger partial charge in [-0.25, -0.2) is 4.39 Å². The average molecular weight is 407 g/mol. The molecule has 1 aliphatic rings. The summed E-state index contributed by atoms with van der Waals surface area (Å²) in [4.78, 5) is 23.7. The molecule has 0 unspecified atom stereocenters. The van der Waals surface area contributed by atoms with Crippen LogP contribution in [0.5, 0.6) is 5.75 Å². The summed E-state index contributed by atoms with van der Waals surface area (Å²) in [7, 11) is 0. The van der Waals surface area contributed by atoms with Crippen molar-refractivity contribution in [2.24, 2.45) is 5.92 Å². The summed E-state index contributed by atoms with van der Waals surface area (Å²) < 4.78 is 19.4. The Bertz CT molecular complexity index is 809. The van der Waals surface area contributed by atoms with E-state index in [4.69, 9.17) is 4.74 Å². The van der Waals surface area contributed by atoms with Gasteiger partial charge in [-0.2, -0.15) is 0 Å². The molecule has 0 spiro atoms. The van der Waals surface area contributed by atoms with Crippen molar-refractivity contribution in [3.05, 3.63) is 52.8 Å². The number of ether oxygens (including phenoxy) is 1. The zero-order chi connectivity index (χ0) is 17.8. The highest BCUT2D eigenvalue weighted by atomic mass is 79.9. The van der Waals surface area contributed by atoms with Gasteiger partial charge < -0.3 is 15.4 Å². The lowest BCUT2D eigenvalue weighted by Gasteiger charge is -2.10. The number of amides is 2. The van der Waals surface area contributed by atoms with E-state index in [2.05, 4.69) is 26.6 Å². The number of anilines is 2. The molecular formula is C18H16BrFN2O3. The summed E-state index contributed by atoms with van der Waals surface area (Å²) >= 11 is 3.15. The van der Waals surface area contributed by atoms with Gasteiger partial charge in [0.1, 0.15) is 0 Å². The van der Waals surface area contributed by atoms with Gasteiger partial charge in [-0.05, 0) is 49.2 Å². The summed E-state index contributed by atoms with van der Waals surface area (Å²) in [6.07, 6.45) is 1.85. The molecule has 1 saturated carbocycles. The maximum absolute atomic E-state index is 13.6. The summed E-state index contributed by atoms with van der Waals surface area (Å²) in [5.74, 6) is -0.867. The van der Waals surface area contributed by atoms with Crippen molar-refractivity contribution in [1.82, 2.24) is 0 Å². The Morgan fingerprint density at radius 3 is 2.52 bits per heavy atom. The highest BCUT2D eigenvalue weighted by Gasteiger charge is 2.29. The molecule has 130 valence electrons. The average Bonchev–Trinajstić information content (AvgIpc) is 3.39. The number of rotatable bonds is 6. The molecule has 1 fully saturated rings. The first-order valence-electron chi connectivity index (χ1n) is 7.80. The first kappa shape index (κ1) is 17.4. The van der Waals surface area contributed by atoms with Gasteiger partial charge in [0.05, 0.1) is 0 Å². The molecule has 1 aliphatic carbocycles. The fourth-order valence-electron chi connectivity index (χ4n) is 2.20. The van der Waals surface area contributed by atoms with E-state index < -0.39 is 11.7 Å². The van der Waals surface area contributed by atoms with E-state index in [1.54, 1.807) is 30.3 Å². The number of hydrogen-bond donors (Lipinski definition) is 2. The number of carbonyl (C=O) groups is 2. The second kappa shape index (κ2) is 7.65. The molecule has 25 heavy (non-hydrogen) atoms. The third kappa shape index (κ3) is 5.03. The molecule has 2 N–H and O–H groups in total. The Morgan fingerprint density at radius 1 is 1.12 bits per heavy atom. The van der Waals surface area contributed by atoms with Crippen LogP contribution in [0, 0.1) is 11.7 Å². The monoisotopic (exact) mass is 406 g/mol. The smallest absolute Gasteiger partial charge is 0.262 e. The molecule has 0 aromatic heterocycles. The minimum atomic E-state index is -0.549. The van der Waals surface area contributed by atoms with Crippen LogP contribution in [0.4, 0.5) is 15.8 Å². The zero-order valence-corrected chi connectivity index (χ0v) is 14.8. The third-order valence-electron chi connectivity index (χ3n) is 3.61. The molecule has 0 saturated heterocycles. The SMILES string of the molecule is O=C(COc1ccc(Br)cc1F)Nc1cccc(NC(=O)C2CC2)c1. The quantitative estimate of drug-likeness (QED) is 0.762. The van der Waals surface area contributed by atoms with Crippen LogP contribution in [0.25, 0.3) is 0 Å².